The molecule has 0 saturated heterocycles. The fourth-order valence-corrected chi connectivity index (χ4v) is 2.59. The van der Waals surface area contributed by atoms with Crippen LogP contribution in [0.4, 0.5) is 24.5 Å². The molecule has 0 fully saturated rings. The Bertz CT molecular complexity index is 795. The molecule has 0 aliphatic heterocycles. The van der Waals surface area contributed by atoms with Crippen molar-refractivity contribution >= 4 is 34.8 Å². The normalized spacial score (nSPS) is 11.1. The van der Waals surface area contributed by atoms with Crippen molar-refractivity contribution in [3.8, 4) is 0 Å². The van der Waals surface area contributed by atoms with Crippen LogP contribution in [0.2, 0.25) is 5.02 Å². The summed E-state index contributed by atoms with van der Waals surface area (Å²) in [6.07, 6.45) is -5.13. The van der Waals surface area contributed by atoms with Crippen LogP contribution in [0, 0.1) is 0 Å². The van der Waals surface area contributed by atoms with E-state index in [9.17, 15) is 22.8 Å². The van der Waals surface area contributed by atoms with Crippen LogP contribution in [0.3, 0.4) is 0 Å². The van der Waals surface area contributed by atoms with Crippen LogP contribution in [0.1, 0.15) is 18.9 Å². The Kier molecular flexibility index (Phi) is 6.26. The van der Waals surface area contributed by atoms with E-state index in [0.29, 0.717) is 12.2 Å². The number of nitrogens with zero attached hydrogens (tertiary/aromatic N) is 1. The van der Waals surface area contributed by atoms with Crippen molar-refractivity contribution in [2.24, 2.45) is 0 Å². The first-order valence-corrected chi connectivity index (χ1v) is 8.12. The minimum atomic E-state index is -4.64. The number of carbonyl (C=O) groups is 2. The molecule has 26 heavy (non-hydrogen) atoms. The van der Waals surface area contributed by atoms with Crippen molar-refractivity contribution < 1.29 is 22.8 Å². The van der Waals surface area contributed by atoms with E-state index in [1.165, 1.54) is 11.0 Å². The zero-order valence-corrected chi connectivity index (χ0v) is 14.6. The lowest BCUT2D eigenvalue weighted by molar-refractivity contribution is -0.137. The molecule has 0 spiro atoms. The second-order valence-corrected chi connectivity index (χ2v) is 5.80. The van der Waals surface area contributed by atoms with E-state index in [4.69, 9.17) is 11.6 Å². The summed E-state index contributed by atoms with van der Waals surface area (Å²) in [5, 5.41) is 1.83. The van der Waals surface area contributed by atoms with E-state index < -0.39 is 35.0 Å². The number of nitrogens with one attached hydrogen (secondary N) is 1. The van der Waals surface area contributed by atoms with Gasteiger partial charge < -0.3 is 10.2 Å². The second kappa shape index (κ2) is 8.23. The molecule has 8 heteroatoms. The van der Waals surface area contributed by atoms with Crippen LogP contribution >= 0.6 is 11.6 Å². The Morgan fingerprint density at radius 1 is 1.12 bits per heavy atom. The van der Waals surface area contributed by atoms with Crippen LogP contribution in [0.15, 0.2) is 48.5 Å². The van der Waals surface area contributed by atoms with Crippen LogP contribution in [0.25, 0.3) is 0 Å². The number of anilines is 2. The zero-order valence-electron chi connectivity index (χ0n) is 13.8. The molecule has 2 amide bonds. The Morgan fingerprint density at radius 3 is 2.35 bits per heavy atom. The van der Waals surface area contributed by atoms with Crippen molar-refractivity contribution in [3.05, 3.63) is 59.1 Å². The average molecular weight is 385 g/mol. The van der Waals surface area contributed by atoms with Gasteiger partial charge in [-0.25, -0.2) is 0 Å². The number of benzene rings is 2. The summed E-state index contributed by atoms with van der Waals surface area (Å²) < 4.78 is 38.6. The lowest BCUT2D eigenvalue weighted by Crippen LogP contribution is -2.33. The number of carbonyl (C=O) groups excluding carboxylic acids is 2. The van der Waals surface area contributed by atoms with E-state index in [0.717, 1.165) is 12.1 Å². The third kappa shape index (κ3) is 4.98. The topological polar surface area (TPSA) is 49.4 Å². The van der Waals surface area contributed by atoms with Crippen LogP contribution in [-0.2, 0) is 15.8 Å². The molecule has 4 nitrogen and oxygen atoms in total. The molecular weight excluding hydrogens is 369 g/mol. The van der Waals surface area contributed by atoms with Gasteiger partial charge in [-0.1, -0.05) is 29.8 Å². The van der Waals surface area contributed by atoms with Gasteiger partial charge in [-0.2, -0.15) is 13.2 Å². The maximum absolute atomic E-state index is 12.9. The van der Waals surface area contributed by atoms with E-state index in [-0.39, 0.29) is 5.69 Å². The van der Waals surface area contributed by atoms with E-state index >= 15 is 0 Å². The number of hydrogen-bond donors (Lipinski definition) is 1. The molecule has 0 bridgehead atoms. The Morgan fingerprint density at radius 2 is 1.77 bits per heavy atom. The Balaban J connectivity index is 2.08. The highest BCUT2D eigenvalue weighted by Crippen LogP contribution is 2.36. The molecule has 2 rings (SSSR count). The quantitative estimate of drug-likeness (QED) is 0.757. The third-order valence-corrected chi connectivity index (χ3v) is 3.88. The van der Waals surface area contributed by atoms with Gasteiger partial charge in [0, 0.05) is 17.9 Å². The fourth-order valence-electron chi connectivity index (χ4n) is 2.37. The number of amides is 2. The van der Waals surface area contributed by atoms with Gasteiger partial charge in [0.05, 0.1) is 10.6 Å². The van der Waals surface area contributed by atoms with Crippen LogP contribution < -0.4 is 10.2 Å². The molecule has 0 heterocycles. The number of halogens is 4. The van der Waals surface area contributed by atoms with Crippen LogP contribution in [0.5, 0.6) is 0 Å². The first kappa shape index (κ1) is 19.8. The first-order valence-electron chi connectivity index (χ1n) is 7.74. The summed E-state index contributed by atoms with van der Waals surface area (Å²) in [5.41, 5.74) is -0.497. The van der Waals surface area contributed by atoms with E-state index in [2.05, 4.69) is 5.32 Å². The molecule has 2 aromatic carbocycles. The highest BCUT2D eigenvalue weighted by molar-refractivity contribution is 6.31. The van der Waals surface area contributed by atoms with Gasteiger partial charge in [-0.05, 0) is 37.3 Å². The SMILES string of the molecule is CCN(C(=O)CC(=O)Nc1ccc(Cl)c(C(F)(F)F)c1)c1ccccc1. The largest absolute Gasteiger partial charge is 0.417 e. The molecule has 2 aromatic rings. The number of para-hydroxylation sites is 1. The molecule has 138 valence electrons. The van der Waals surface area contributed by atoms with Crippen molar-refractivity contribution in [2.45, 2.75) is 19.5 Å². The van der Waals surface area contributed by atoms with Gasteiger partial charge in [0.15, 0.2) is 0 Å². The monoisotopic (exact) mass is 384 g/mol. The lowest BCUT2D eigenvalue weighted by Gasteiger charge is -2.20. The molecule has 0 atom stereocenters. The molecular formula is C18H16ClF3N2O2. The van der Waals surface area contributed by atoms with Gasteiger partial charge in [0.25, 0.3) is 0 Å². The van der Waals surface area contributed by atoms with E-state index in [1.54, 1.807) is 37.3 Å². The standard InChI is InChI=1S/C18H16ClF3N2O2/c1-2-24(13-6-4-3-5-7-13)17(26)11-16(25)23-12-8-9-15(19)14(10-12)18(20,21)22/h3-10H,2,11H2,1H3,(H,23,25). The molecule has 0 unspecified atom stereocenters. The summed E-state index contributed by atoms with van der Waals surface area (Å²) in [5.74, 6) is -1.17. The second-order valence-electron chi connectivity index (χ2n) is 5.39. The first-order chi connectivity index (χ1) is 12.2. The summed E-state index contributed by atoms with van der Waals surface area (Å²) in [6.45, 7) is 2.12. The van der Waals surface area contributed by atoms with Crippen molar-refractivity contribution in [1.29, 1.82) is 0 Å². The molecule has 0 radical (unpaired) electrons. The lowest BCUT2D eigenvalue weighted by atomic mass is 10.2. The predicted octanol–water partition coefficient (Wildman–Crippen LogP) is 4.74. The van der Waals surface area contributed by atoms with Gasteiger partial charge in [0.2, 0.25) is 11.8 Å². The minimum Gasteiger partial charge on any atom is -0.326 e. The molecule has 1 N–H and O–H groups in total. The smallest absolute Gasteiger partial charge is 0.326 e. The summed E-state index contributed by atoms with van der Waals surface area (Å²) in [4.78, 5) is 25.8. The number of hydrogen-bond acceptors (Lipinski definition) is 2. The maximum Gasteiger partial charge on any atom is 0.417 e. The maximum atomic E-state index is 12.9. The predicted molar refractivity (Wildman–Crippen MR) is 94.2 cm³/mol. The van der Waals surface area contributed by atoms with Gasteiger partial charge in [0.1, 0.15) is 6.42 Å². The number of rotatable bonds is 5. The number of alkyl halides is 3. The van der Waals surface area contributed by atoms with Gasteiger partial charge in [-0.3, -0.25) is 9.59 Å². The molecule has 0 saturated carbocycles. The Hall–Kier alpha value is -2.54. The van der Waals surface area contributed by atoms with Gasteiger partial charge in [-0.15, -0.1) is 0 Å². The summed E-state index contributed by atoms with van der Waals surface area (Å²) in [7, 11) is 0. The third-order valence-electron chi connectivity index (χ3n) is 3.55. The summed E-state index contributed by atoms with van der Waals surface area (Å²) in [6, 6.07) is 11.8. The fraction of sp³-hybridized carbons (Fsp3) is 0.222. The highest BCUT2D eigenvalue weighted by atomic mass is 35.5. The van der Waals surface area contributed by atoms with Crippen LogP contribution in [-0.4, -0.2) is 18.4 Å². The average Bonchev–Trinajstić information content (AvgIpc) is 2.57. The van der Waals surface area contributed by atoms with E-state index in [1.807, 2.05) is 0 Å². The van der Waals surface area contributed by atoms with Crippen molar-refractivity contribution in [2.75, 3.05) is 16.8 Å². The van der Waals surface area contributed by atoms with Crippen molar-refractivity contribution in [3.63, 3.8) is 0 Å². The molecule has 0 aliphatic carbocycles. The summed E-state index contributed by atoms with van der Waals surface area (Å²) >= 11 is 5.54. The Labute approximate surface area is 153 Å². The van der Waals surface area contributed by atoms with Crippen molar-refractivity contribution in [1.82, 2.24) is 0 Å². The molecule has 0 aromatic heterocycles. The molecule has 0 aliphatic rings. The minimum absolute atomic E-state index is 0.0812. The zero-order chi connectivity index (χ0) is 19.3. The van der Waals surface area contributed by atoms with Gasteiger partial charge >= 0.3 is 6.18 Å². The highest BCUT2D eigenvalue weighted by Gasteiger charge is 2.33.